The topological polar surface area (TPSA) is 30.3 Å². The van der Waals surface area contributed by atoms with Crippen molar-refractivity contribution in [1.29, 1.82) is 5.26 Å². The van der Waals surface area contributed by atoms with Crippen molar-refractivity contribution in [2.75, 3.05) is 9.80 Å². The average molecular weight is 744 g/mol. The molecule has 0 saturated heterocycles. The van der Waals surface area contributed by atoms with Gasteiger partial charge in [0, 0.05) is 34.1 Å². The maximum atomic E-state index is 10.0. The molecule has 8 aromatic rings. The van der Waals surface area contributed by atoms with Crippen molar-refractivity contribution in [3.63, 3.8) is 0 Å². The molecule has 0 aliphatic heterocycles. The molecule has 0 N–H and O–H groups in total. The second-order valence-corrected chi connectivity index (χ2v) is 13.8. The zero-order valence-corrected chi connectivity index (χ0v) is 32.0. The molecule has 8 rings (SSSR count). The molecule has 58 heavy (non-hydrogen) atoms. The Morgan fingerprint density at radius 2 is 0.569 bits per heavy atom. The monoisotopic (exact) mass is 743 g/mol. The van der Waals surface area contributed by atoms with Gasteiger partial charge in [0.1, 0.15) is 0 Å². The summed E-state index contributed by atoms with van der Waals surface area (Å²) in [5.41, 5.74) is 13.5. The summed E-state index contributed by atoms with van der Waals surface area (Å²) in [4.78, 5) is 4.51. The van der Waals surface area contributed by atoms with E-state index < -0.39 is 0 Å². The Hall–Kier alpha value is -7.93. The molecule has 0 fully saturated rings. The average Bonchev–Trinajstić information content (AvgIpc) is 3.30. The summed E-state index contributed by atoms with van der Waals surface area (Å²) < 4.78 is 0. The number of para-hydroxylation sites is 4. The second kappa shape index (κ2) is 18.1. The number of rotatable bonds is 12. The van der Waals surface area contributed by atoms with Gasteiger partial charge in [-0.3, -0.25) is 0 Å². The minimum atomic E-state index is 0.636. The Morgan fingerprint density at radius 1 is 0.293 bits per heavy atom. The predicted molar refractivity (Wildman–Crippen MR) is 247 cm³/mol. The van der Waals surface area contributed by atoms with Crippen LogP contribution in [0.2, 0.25) is 0 Å². The summed E-state index contributed by atoms with van der Waals surface area (Å²) in [6, 6.07) is 75.6. The highest BCUT2D eigenvalue weighted by Crippen LogP contribution is 2.35. The fraction of sp³-hybridized carbons (Fsp3) is 0. The van der Waals surface area contributed by atoms with Crippen LogP contribution in [0.5, 0.6) is 0 Å². The first-order valence-corrected chi connectivity index (χ1v) is 19.4. The van der Waals surface area contributed by atoms with Gasteiger partial charge in [-0.2, -0.15) is 5.26 Å². The molecule has 0 aliphatic carbocycles. The van der Waals surface area contributed by atoms with Crippen molar-refractivity contribution in [2.45, 2.75) is 0 Å². The van der Waals surface area contributed by atoms with Crippen LogP contribution in [0.25, 0.3) is 36.5 Å². The van der Waals surface area contributed by atoms with E-state index >= 15 is 0 Å². The van der Waals surface area contributed by atoms with E-state index in [0.29, 0.717) is 5.56 Å². The van der Waals surface area contributed by atoms with Crippen molar-refractivity contribution in [3.05, 3.63) is 251 Å². The molecule has 0 amide bonds. The lowest BCUT2D eigenvalue weighted by Gasteiger charge is -2.25. The van der Waals surface area contributed by atoms with Crippen LogP contribution in [0, 0.1) is 11.3 Å². The Kier molecular flexibility index (Phi) is 11.6. The van der Waals surface area contributed by atoms with Crippen LogP contribution in [-0.4, -0.2) is 0 Å². The van der Waals surface area contributed by atoms with E-state index in [9.17, 15) is 5.26 Å². The molecule has 3 nitrogen and oxygen atoms in total. The van der Waals surface area contributed by atoms with Gasteiger partial charge in [-0.25, -0.2) is 0 Å². The van der Waals surface area contributed by atoms with Gasteiger partial charge >= 0.3 is 0 Å². The SMILES string of the molecule is N#Cc1cc(/C=C\c2ccc(N(c3ccccc3)c3ccccc3)cc2)ccc1/C=C\c1ccc(/C=C\c2ccc(N(c3ccccc3)c3ccccc3)cc2)cc1. The molecular weight excluding hydrogens is 703 g/mol. The van der Waals surface area contributed by atoms with Gasteiger partial charge in [-0.15, -0.1) is 0 Å². The Balaban J connectivity index is 0.903. The maximum absolute atomic E-state index is 10.0. The van der Waals surface area contributed by atoms with Crippen molar-refractivity contribution in [1.82, 2.24) is 0 Å². The van der Waals surface area contributed by atoms with Crippen molar-refractivity contribution in [2.24, 2.45) is 0 Å². The molecule has 0 aromatic heterocycles. The van der Waals surface area contributed by atoms with Crippen LogP contribution >= 0.6 is 0 Å². The fourth-order valence-electron chi connectivity index (χ4n) is 6.88. The first-order valence-electron chi connectivity index (χ1n) is 19.4. The van der Waals surface area contributed by atoms with Crippen LogP contribution in [-0.2, 0) is 0 Å². The first kappa shape index (κ1) is 37.0. The minimum absolute atomic E-state index is 0.636. The van der Waals surface area contributed by atoms with Crippen molar-refractivity contribution in [3.8, 4) is 6.07 Å². The van der Waals surface area contributed by atoms with E-state index in [1.165, 1.54) is 0 Å². The number of hydrogen-bond acceptors (Lipinski definition) is 3. The Labute approximate surface area is 341 Å². The predicted octanol–water partition coefficient (Wildman–Crippen LogP) is 15.0. The summed E-state index contributed by atoms with van der Waals surface area (Å²) in [6.45, 7) is 0. The smallest absolute Gasteiger partial charge is 0.0998 e. The van der Waals surface area contributed by atoms with E-state index in [2.05, 4.69) is 222 Å². The van der Waals surface area contributed by atoms with E-state index in [-0.39, 0.29) is 0 Å². The van der Waals surface area contributed by atoms with Crippen LogP contribution < -0.4 is 9.80 Å². The highest BCUT2D eigenvalue weighted by molar-refractivity contribution is 5.81. The van der Waals surface area contributed by atoms with Gasteiger partial charge < -0.3 is 9.80 Å². The third-order valence-corrected chi connectivity index (χ3v) is 9.89. The molecule has 8 aromatic carbocycles. The lowest BCUT2D eigenvalue weighted by molar-refractivity contribution is 1.28. The van der Waals surface area contributed by atoms with Crippen LogP contribution in [0.4, 0.5) is 34.1 Å². The molecule has 0 spiro atoms. The normalized spacial score (nSPS) is 11.2. The van der Waals surface area contributed by atoms with Crippen LogP contribution in [0.15, 0.2) is 212 Å². The van der Waals surface area contributed by atoms with Gasteiger partial charge in [0.25, 0.3) is 0 Å². The Bertz CT molecular complexity index is 2600. The molecule has 0 heterocycles. The summed E-state index contributed by atoms with van der Waals surface area (Å²) >= 11 is 0. The largest absolute Gasteiger partial charge is 0.311 e. The van der Waals surface area contributed by atoms with E-state index in [0.717, 1.165) is 67.5 Å². The lowest BCUT2D eigenvalue weighted by Crippen LogP contribution is -2.09. The quantitative estimate of drug-likeness (QED) is 0.117. The van der Waals surface area contributed by atoms with Crippen molar-refractivity contribution >= 4 is 70.6 Å². The van der Waals surface area contributed by atoms with E-state index in [4.69, 9.17) is 0 Å². The molecule has 0 aliphatic rings. The number of nitriles is 1. The number of anilines is 6. The summed E-state index contributed by atoms with van der Waals surface area (Å²) in [5, 5.41) is 10.0. The molecule has 0 bridgehead atoms. The molecule has 276 valence electrons. The molecule has 0 atom stereocenters. The van der Waals surface area contributed by atoms with E-state index in [1.807, 2.05) is 42.5 Å². The third-order valence-electron chi connectivity index (χ3n) is 9.89. The highest BCUT2D eigenvalue weighted by atomic mass is 15.1. The lowest BCUT2D eigenvalue weighted by atomic mass is 10.0. The zero-order chi connectivity index (χ0) is 39.4. The maximum Gasteiger partial charge on any atom is 0.0998 e. The molecule has 0 radical (unpaired) electrons. The third kappa shape index (κ3) is 9.12. The van der Waals surface area contributed by atoms with Gasteiger partial charge in [0.2, 0.25) is 0 Å². The minimum Gasteiger partial charge on any atom is -0.311 e. The molecular formula is C55H41N3. The highest BCUT2D eigenvalue weighted by Gasteiger charge is 2.13. The van der Waals surface area contributed by atoms with Crippen molar-refractivity contribution < 1.29 is 0 Å². The van der Waals surface area contributed by atoms with Crippen LogP contribution in [0.3, 0.4) is 0 Å². The molecule has 0 saturated carbocycles. The fourth-order valence-corrected chi connectivity index (χ4v) is 6.88. The zero-order valence-electron chi connectivity index (χ0n) is 32.0. The summed E-state index contributed by atoms with van der Waals surface area (Å²) in [5.74, 6) is 0. The van der Waals surface area contributed by atoms with Crippen LogP contribution in [0.1, 0.15) is 38.9 Å². The standard InChI is InChI=1S/C55H41N3/c56-42-49-41-47(28-27-46-33-39-55(40-34-46)58(52-17-9-3-10-18-52)53-19-11-4-12-20-53)30-36-48(49)35-29-44-24-21-43(22-25-44)23-26-45-31-37-54(38-32-45)57(50-13-5-1-6-14-50)51-15-7-2-8-16-51/h1-41H/b26-23-,28-27-,35-29-. The van der Waals surface area contributed by atoms with Gasteiger partial charge in [0.05, 0.1) is 11.6 Å². The van der Waals surface area contributed by atoms with Gasteiger partial charge in [-0.1, -0.05) is 170 Å². The number of benzene rings is 8. The second-order valence-electron chi connectivity index (χ2n) is 13.8. The summed E-state index contributed by atoms with van der Waals surface area (Å²) in [7, 11) is 0. The van der Waals surface area contributed by atoms with Gasteiger partial charge in [0.15, 0.2) is 0 Å². The number of hydrogen-bond donors (Lipinski definition) is 0. The van der Waals surface area contributed by atoms with E-state index in [1.54, 1.807) is 0 Å². The number of nitrogens with zero attached hydrogens (tertiary/aromatic N) is 3. The Morgan fingerprint density at radius 3 is 0.914 bits per heavy atom. The summed E-state index contributed by atoms with van der Waals surface area (Å²) in [6.07, 6.45) is 12.5. The van der Waals surface area contributed by atoms with Gasteiger partial charge in [-0.05, 0) is 112 Å². The molecule has 3 heteroatoms. The first-order chi connectivity index (χ1) is 28.7. The molecule has 0 unspecified atom stereocenters.